The van der Waals surface area contributed by atoms with Crippen molar-refractivity contribution < 1.29 is 32.0 Å². The van der Waals surface area contributed by atoms with Crippen LogP contribution in [-0.4, -0.2) is 42.0 Å². The third kappa shape index (κ3) is 5.07. The van der Waals surface area contributed by atoms with Crippen molar-refractivity contribution in [1.82, 2.24) is 10.1 Å². The summed E-state index contributed by atoms with van der Waals surface area (Å²) in [6.07, 6.45) is 1.36. The molecule has 1 aliphatic heterocycles. The number of benzene rings is 1. The number of hydrogen-bond donors (Lipinski definition) is 0. The maximum atomic E-state index is 13.0. The van der Waals surface area contributed by atoms with Gasteiger partial charge in [0.2, 0.25) is 0 Å². The first-order valence-corrected chi connectivity index (χ1v) is 12.5. The highest BCUT2D eigenvalue weighted by Gasteiger charge is 2.42. The van der Waals surface area contributed by atoms with Gasteiger partial charge in [-0.3, -0.25) is 4.79 Å². The number of nitrogens with zero attached hydrogens (tertiary/aromatic N) is 3. The molecule has 3 fully saturated rings. The number of pyridine rings is 1. The SMILES string of the molecule is O=Cc1ccc(N2CC3CC(OCc4c(-c5ccccc5OC(F)(F)F)noc4C4CC4)C[C@H]3C2)nc1. The van der Waals surface area contributed by atoms with Crippen LogP contribution in [-0.2, 0) is 11.3 Å². The van der Waals surface area contributed by atoms with Crippen LogP contribution < -0.4 is 9.64 Å². The van der Waals surface area contributed by atoms with Crippen LogP contribution >= 0.6 is 0 Å². The van der Waals surface area contributed by atoms with Crippen molar-refractivity contribution in [2.75, 3.05) is 18.0 Å². The number of para-hydroxylation sites is 1. The lowest BCUT2D eigenvalue weighted by molar-refractivity contribution is -0.274. The summed E-state index contributed by atoms with van der Waals surface area (Å²) in [7, 11) is 0. The normalized spacial score (nSPS) is 23.3. The van der Waals surface area contributed by atoms with E-state index in [0.717, 1.165) is 50.9 Å². The summed E-state index contributed by atoms with van der Waals surface area (Å²) < 4.78 is 55.2. The van der Waals surface area contributed by atoms with Crippen molar-refractivity contribution in [3.8, 4) is 17.0 Å². The lowest BCUT2D eigenvalue weighted by atomic mass is 10.0. The summed E-state index contributed by atoms with van der Waals surface area (Å²) >= 11 is 0. The minimum atomic E-state index is -4.81. The molecule has 1 aromatic carbocycles. The van der Waals surface area contributed by atoms with Gasteiger partial charge in [-0.2, -0.15) is 0 Å². The second-order valence-electron chi connectivity index (χ2n) is 10.1. The molecule has 6 rings (SSSR count). The fourth-order valence-corrected chi connectivity index (χ4v) is 5.64. The molecule has 3 heterocycles. The smallest absolute Gasteiger partial charge is 0.405 e. The Morgan fingerprint density at radius 1 is 1.08 bits per heavy atom. The summed E-state index contributed by atoms with van der Waals surface area (Å²) in [6.45, 7) is 1.99. The summed E-state index contributed by atoms with van der Waals surface area (Å²) in [5, 5.41) is 4.16. The molecule has 0 N–H and O–H groups in total. The quantitative estimate of drug-likeness (QED) is 0.355. The molecule has 3 aliphatic rings. The summed E-state index contributed by atoms with van der Waals surface area (Å²) in [5.41, 5.74) is 1.85. The zero-order chi connectivity index (χ0) is 25.6. The van der Waals surface area contributed by atoms with E-state index >= 15 is 0 Å². The number of carbonyl (C=O) groups is 1. The van der Waals surface area contributed by atoms with Gasteiger partial charge >= 0.3 is 6.36 Å². The van der Waals surface area contributed by atoms with E-state index in [1.165, 1.54) is 12.1 Å². The fourth-order valence-electron chi connectivity index (χ4n) is 5.64. The molecular weight excluding hydrogens is 487 g/mol. The molecule has 2 saturated carbocycles. The van der Waals surface area contributed by atoms with E-state index < -0.39 is 6.36 Å². The maximum Gasteiger partial charge on any atom is 0.573 e. The van der Waals surface area contributed by atoms with Gasteiger partial charge in [-0.15, -0.1) is 13.2 Å². The Morgan fingerprint density at radius 2 is 1.84 bits per heavy atom. The molecule has 0 spiro atoms. The first-order valence-electron chi connectivity index (χ1n) is 12.5. The number of hydrogen-bond acceptors (Lipinski definition) is 7. The Morgan fingerprint density at radius 3 is 2.49 bits per heavy atom. The second kappa shape index (κ2) is 9.48. The summed E-state index contributed by atoms with van der Waals surface area (Å²) in [6, 6.07) is 9.65. The van der Waals surface area contributed by atoms with Gasteiger partial charge in [0, 0.05) is 41.9 Å². The number of ether oxygens (including phenoxy) is 2. The second-order valence-corrected chi connectivity index (χ2v) is 10.1. The van der Waals surface area contributed by atoms with Crippen LogP contribution in [0, 0.1) is 11.8 Å². The Bertz CT molecular complexity index is 1260. The van der Waals surface area contributed by atoms with Crippen LogP contribution in [0.5, 0.6) is 5.75 Å². The van der Waals surface area contributed by atoms with Crippen LogP contribution in [0.15, 0.2) is 47.1 Å². The number of alkyl halides is 3. The molecule has 2 aliphatic carbocycles. The van der Waals surface area contributed by atoms with Gasteiger partial charge in [0.1, 0.15) is 23.0 Å². The van der Waals surface area contributed by atoms with Gasteiger partial charge in [-0.25, -0.2) is 4.98 Å². The van der Waals surface area contributed by atoms with Crippen molar-refractivity contribution in [2.24, 2.45) is 11.8 Å². The number of halogens is 3. The molecule has 10 heteroatoms. The molecule has 0 amide bonds. The van der Waals surface area contributed by atoms with Crippen LogP contribution in [0.25, 0.3) is 11.3 Å². The predicted molar refractivity (Wildman–Crippen MR) is 127 cm³/mol. The van der Waals surface area contributed by atoms with Crippen LogP contribution in [0.3, 0.4) is 0 Å². The van der Waals surface area contributed by atoms with E-state index in [1.54, 1.807) is 24.4 Å². The Balaban J connectivity index is 1.14. The molecular formula is C27H26F3N3O4. The molecule has 2 aromatic heterocycles. The largest absolute Gasteiger partial charge is 0.573 e. The third-order valence-electron chi connectivity index (χ3n) is 7.54. The molecule has 3 atom stereocenters. The maximum absolute atomic E-state index is 13.0. The highest BCUT2D eigenvalue weighted by molar-refractivity contribution is 5.74. The number of anilines is 1. The molecule has 7 nitrogen and oxygen atoms in total. The first kappa shape index (κ1) is 24.0. The number of aldehydes is 1. The van der Waals surface area contributed by atoms with E-state index in [0.29, 0.717) is 34.4 Å². The molecule has 2 unspecified atom stereocenters. The Kier molecular flexibility index (Phi) is 6.14. The third-order valence-corrected chi connectivity index (χ3v) is 7.54. The average molecular weight is 514 g/mol. The number of fused-ring (bicyclic) bond motifs is 1. The van der Waals surface area contributed by atoms with Crippen molar-refractivity contribution in [3.63, 3.8) is 0 Å². The number of rotatable bonds is 8. The van der Waals surface area contributed by atoms with E-state index in [1.807, 2.05) is 6.07 Å². The minimum Gasteiger partial charge on any atom is -0.405 e. The van der Waals surface area contributed by atoms with Crippen molar-refractivity contribution in [2.45, 2.75) is 50.7 Å². The Hall–Kier alpha value is -3.40. The van der Waals surface area contributed by atoms with E-state index in [4.69, 9.17) is 9.26 Å². The first-order chi connectivity index (χ1) is 17.9. The molecule has 1 saturated heterocycles. The van der Waals surface area contributed by atoms with Gasteiger partial charge in [-0.1, -0.05) is 17.3 Å². The van der Waals surface area contributed by atoms with E-state index in [-0.39, 0.29) is 29.9 Å². The molecule has 0 radical (unpaired) electrons. The zero-order valence-corrected chi connectivity index (χ0v) is 20.0. The van der Waals surface area contributed by atoms with Gasteiger partial charge in [0.25, 0.3) is 0 Å². The monoisotopic (exact) mass is 513 g/mol. The molecule has 37 heavy (non-hydrogen) atoms. The highest BCUT2D eigenvalue weighted by atomic mass is 19.4. The predicted octanol–water partition coefficient (Wildman–Crippen LogP) is 5.76. The van der Waals surface area contributed by atoms with Gasteiger partial charge in [-0.05, 0) is 61.8 Å². The lowest BCUT2D eigenvalue weighted by Crippen LogP contribution is -2.24. The van der Waals surface area contributed by atoms with Crippen molar-refractivity contribution in [3.05, 3.63) is 59.5 Å². The summed E-state index contributed by atoms with van der Waals surface area (Å²) in [5.74, 6) is 2.44. The van der Waals surface area contributed by atoms with Gasteiger partial charge < -0.3 is 18.9 Å². The molecule has 194 valence electrons. The lowest BCUT2D eigenvalue weighted by Gasteiger charge is -2.20. The van der Waals surface area contributed by atoms with Crippen molar-refractivity contribution >= 4 is 12.1 Å². The number of carbonyl (C=O) groups excluding carboxylic acids is 1. The standard InChI is InChI=1S/C27H26F3N3O4/c28-27(29,30)36-23-4-2-1-3-21(23)25-22(26(37-32-25)17-6-7-17)15-35-20-9-18-12-33(13-19(18)10-20)24-8-5-16(14-34)11-31-24/h1-5,8,11,14,17-20H,6-7,9-10,12-13,15H2/t18-,19?,20?/m0/s1. The fraction of sp³-hybridized carbons (Fsp3) is 0.444. The van der Waals surface area contributed by atoms with E-state index in [2.05, 4.69) is 19.8 Å². The van der Waals surface area contributed by atoms with Crippen LogP contribution in [0.4, 0.5) is 19.0 Å². The molecule has 0 bridgehead atoms. The Labute approximate surface area is 211 Å². The number of aromatic nitrogens is 2. The van der Waals surface area contributed by atoms with Gasteiger partial charge in [0.15, 0.2) is 6.29 Å². The topological polar surface area (TPSA) is 77.7 Å². The summed E-state index contributed by atoms with van der Waals surface area (Å²) in [4.78, 5) is 17.6. The van der Waals surface area contributed by atoms with Crippen LogP contribution in [0.2, 0.25) is 0 Å². The van der Waals surface area contributed by atoms with E-state index in [9.17, 15) is 18.0 Å². The van der Waals surface area contributed by atoms with Crippen molar-refractivity contribution in [1.29, 1.82) is 0 Å². The molecule has 3 aromatic rings. The minimum absolute atomic E-state index is 0.0546. The zero-order valence-electron chi connectivity index (χ0n) is 20.0. The highest BCUT2D eigenvalue weighted by Crippen LogP contribution is 2.46. The van der Waals surface area contributed by atoms with Crippen LogP contribution in [0.1, 0.15) is 53.3 Å². The average Bonchev–Trinajstić information content (AvgIpc) is 3.34. The van der Waals surface area contributed by atoms with Gasteiger partial charge in [0.05, 0.1) is 12.7 Å².